The first-order valence-corrected chi connectivity index (χ1v) is 7.88. The zero-order valence-electron chi connectivity index (χ0n) is 12.4. The molecule has 2 bridgehead atoms. The molecule has 1 aromatic rings. The number of nitrogens with one attached hydrogen (secondary N) is 1. The van der Waals surface area contributed by atoms with Crippen LogP contribution in [0.2, 0.25) is 0 Å². The minimum atomic E-state index is -0.571. The molecular formula is C15H20N2O2S. The lowest BCUT2D eigenvalue weighted by Crippen LogP contribution is -2.43. The maximum Gasteiger partial charge on any atom is 0.233 e. The third kappa shape index (κ3) is 1.44. The Bertz CT molecular complexity index is 607. The molecule has 2 unspecified atom stereocenters. The van der Waals surface area contributed by atoms with E-state index >= 15 is 0 Å². The molecule has 0 aromatic carbocycles. The van der Waals surface area contributed by atoms with Crippen molar-refractivity contribution in [3.63, 3.8) is 0 Å². The van der Waals surface area contributed by atoms with Gasteiger partial charge in [0.05, 0.1) is 11.1 Å². The molecule has 3 rings (SSSR count). The van der Waals surface area contributed by atoms with Crippen molar-refractivity contribution in [1.82, 2.24) is 4.98 Å². The summed E-state index contributed by atoms with van der Waals surface area (Å²) in [5, 5.41) is 5.48. The number of ketones is 1. The highest BCUT2D eigenvalue weighted by Gasteiger charge is 2.72. The summed E-state index contributed by atoms with van der Waals surface area (Å²) in [5.41, 5.74) is -0.324. The van der Waals surface area contributed by atoms with Gasteiger partial charge in [-0.25, -0.2) is 4.98 Å². The van der Waals surface area contributed by atoms with Crippen LogP contribution in [-0.2, 0) is 9.59 Å². The number of rotatable bonds is 2. The van der Waals surface area contributed by atoms with E-state index in [1.807, 2.05) is 19.2 Å². The Labute approximate surface area is 123 Å². The molecule has 1 amide bonds. The van der Waals surface area contributed by atoms with E-state index in [0.29, 0.717) is 11.6 Å². The Morgan fingerprint density at radius 3 is 2.50 bits per heavy atom. The monoisotopic (exact) mass is 292 g/mol. The predicted molar refractivity (Wildman–Crippen MR) is 78.7 cm³/mol. The Hall–Kier alpha value is -1.23. The normalized spacial score (nSPS) is 34.5. The molecule has 108 valence electrons. The van der Waals surface area contributed by atoms with Gasteiger partial charge in [-0.1, -0.05) is 20.8 Å². The van der Waals surface area contributed by atoms with Crippen LogP contribution in [0.5, 0.6) is 0 Å². The average Bonchev–Trinajstić information content (AvgIpc) is 2.89. The second-order valence-electron chi connectivity index (χ2n) is 6.89. The van der Waals surface area contributed by atoms with Gasteiger partial charge in [0.1, 0.15) is 5.78 Å². The number of carbonyl (C=O) groups is 2. The number of hydrogen-bond acceptors (Lipinski definition) is 4. The van der Waals surface area contributed by atoms with Crippen LogP contribution in [0.3, 0.4) is 0 Å². The Morgan fingerprint density at radius 1 is 1.35 bits per heavy atom. The smallest absolute Gasteiger partial charge is 0.233 e. The minimum absolute atomic E-state index is 0.0357. The van der Waals surface area contributed by atoms with Crippen molar-refractivity contribution in [2.24, 2.45) is 16.2 Å². The van der Waals surface area contributed by atoms with E-state index in [4.69, 9.17) is 0 Å². The molecule has 5 heteroatoms. The molecule has 2 aliphatic carbocycles. The second kappa shape index (κ2) is 3.91. The van der Waals surface area contributed by atoms with Crippen molar-refractivity contribution in [2.75, 3.05) is 5.32 Å². The molecule has 4 nitrogen and oxygen atoms in total. The Balaban J connectivity index is 1.93. The van der Waals surface area contributed by atoms with E-state index in [-0.39, 0.29) is 22.5 Å². The first-order chi connectivity index (χ1) is 9.23. The maximum absolute atomic E-state index is 12.8. The lowest BCUT2D eigenvalue weighted by molar-refractivity contribution is -0.131. The number of carbonyl (C=O) groups excluding carboxylic acids is 2. The van der Waals surface area contributed by atoms with Gasteiger partial charge >= 0.3 is 0 Å². The Kier molecular flexibility index (Phi) is 2.68. The lowest BCUT2D eigenvalue weighted by atomic mass is 9.64. The minimum Gasteiger partial charge on any atom is -0.301 e. The molecule has 1 heterocycles. The van der Waals surface area contributed by atoms with E-state index in [1.54, 1.807) is 0 Å². The molecule has 20 heavy (non-hydrogen) atoms. The first-order valence-electron chi connectivity index (χ1n) is 7.00. The van der Waals surface area contributed by atoms with E-state index in [2.05, 4.69) is 24.1 Å². The maximum atomic E-state index is 12.8. The highest BCUT2D eigenvalue weighted by Crippen LogP contribution is 2.70. The number of anilines is 1. The van der Waals surface area contributed by atoms with E-state index < -0.39 is 5.41 Å². The molecule has 2 saturated carbocycles. The fourth-order valence-electron chi connectivity index (χ4n) is 3.99. The van der Waals surface area contributed by atoms with Crippen molar-refractivity contribution in [2.45, 2.75) is 47.0 Å². The summed E-state index contributed by atoms with van der Waals surface area (Å²) in [5.74, 6) is 0.200. The summed E-state index contributed by atoms with van der Waals surface area (Å²) < 4.78 is 0. The molecule has 0 saturated heterocycles. The quantitative estimate of drug-likeness (QED) is 0.910. The number of Topliss-reactive ketones (excluding diaryl/α,β-unsaturated/α-hetero) is 1. The average molecular weight is 292 g/mol. The summed E-state index contributed by atoms with van der Waals surface area (Å²) >= 11 is 1.43. The summed E-state index contributed by atoms with van der Waals surface area (Å²) in [6, 6.07) is 0. The van der Waals surface area contributed by atoms with Crippen LogP contribution in [0.25, 0.3) is 0 Å². The lowest BCUT2D eigenvalue weighted by Gasteiger charge is -2.38. The summed E-state index contributed by atoms with van der Waals surface area (Å²) in [7, 11) is 0. The van der Waals surface area contributed by atoms with E-state index in [0.717, 1.165) is 18.5 Å². The van der Waals surface area contributed by atoms with Crippen molar-refractivity contribution < 1.29 is 9.59 Å². The number of amides is 1. The topological polar surface area (TPSA) is 59.1 Å². The number of aryl methyl sites for hydroxylation is 1. The highest BCUT2D eigenvalue weighted by molar-refractivity contribution is 7.13. The van der Waals surface area contributed by atoms with Crippen molar-refractivity contribution in [3.8, 4) is 0 Å². The largest absolute Gasteiger partial charge is 0.301 e. The van der Waals surface area contributed by atoms with Gasteiger partial charge in [0.2, 0.25) is 5.91 Å². The van der Waals surface area contributed by atoms with Gasteiger partial charge in [-0.05, 0) is 25.2 Å². The SMILES string of the molecule is Cc1csc(NC(=O)C23CCC(C)(C(=O)C2)C3(C)C)n1. The fraction of sp³-hybridized carbons (Fsp3) is 0.667. The molecule has 1 aromatic heterocycles. The number of nitrogens with zero attached hydrogens (tertiary/aromatic N) is 1. The predicted octanol–water partition coefficient (Wildman–Crippen LogP) is 3.18. The standard InChI is InChI=1S/C15H20N2O2S/c1-9-8-20-12(16-9)17-11(19)15-6-5-14(4,10(18)7-15)13(15,2)3/h8H,5-7H2,1-4H3,(H,16,17,19). The van der Waals surface area contributed by atoms with Gasteiger partial charge in [0.15, 0.2) is 5.13 Å². The Morgan fingerprint density at radius 2 is 2.05 bits per heavy atom. The molecular weight excluding hydrogens is 272 g/mol. The third-order valence-corrected chi connectivity index (χ3v) is 6.86. The molecule has 1 N–H and O–H groups in total. The molecule has 0 aliphatic heterocycles. The van der Waals surface area contributed by atoms with Crippen molar-refractivity contribution >= 4 is 28.2 Å². The van der Waals surface area contributed by atoms with Crippen LogP contribution in [0, 0.1) is 23.2 Å². The van der Waals surface area contributed by atoms with Crippen LogP contribution in [0.1, 0.15) is 45.7 Å². The zero-order chi connectivity index (χ0) is 14.8. The number of aromatic nitrogens is 1. The molecule has 2 aliphatic rings. The van der Waals surface area contributed by atoms with Crippen LogP contribution >= 0.6 is 11.3 Å². The van der Waals surface area contributed by atoms with Crippen LogP contribution in [-0.4, -0.2) is 16.7 Å². The van der Waals surface area contributed by atoms with Gasteiger partial charge in [-0.2, -0.15) is 0 Å². The molecule has 0 radical (unpaired) electrons. The molecule has 2 fully saturated rings. The summed E-state index contributed by atoms with van der Waals surface area (Å²) in [6.07, 6.45) is 1.97. The molecule has 0 spiro atoms. The van der Waals surface area contributed by atoms with E-state index in [9.17, 15) is 9.59 Å². The van der Waals surface area contributed by atoms with Gasteiger partial charge in [0, 0.05) is 17.2 Å². The van der Waals surface area contributed by atoms with Gasteiger partial charge in [-0.15, -0.1) is 11.3 Å². The van der Waals surface area contributed by atoms with Gasteiger partial charge in [-0.3, -0.25) is 9.59 Å². The highest BCUT2D eigenvalue weighted by atomic mass is 32.1. The summed E-state index contributed by atoms with van der Waals surface area (Å²) in [4.78, 5) is 29.4. The number of hydrogen-bond donors (Lipinski definition) is 1. The second-order valence-corrected chi connectivity index (χ2v) is 7.75. The summed E-state index contributed by atoms with van der Waals surface area (Å²) in [6.45, 7) is 8.06. The number of fused-ring (bicyclic) bond motifs is 2. The molecule has 2 atom stereocenters. The number of thiazole rings is 1. The van der Waals surface area contributed by atoms with Crippen LogP contribution in [0.4, 0.5) is 5.13 Å². The van der Waals surface area contributed by atoms with Crippen molar-refractivity contribution in [3.05, 3.63) is 11.1 Å². The van der Waals surface area contributed by atoms with E-state index in [1.165, 1.54) is 11.3 Å². The first kappa shape index (κ1) is 13.7. The third-order valence-electron chi connectivity index (χ3n) is 5.98. The zero-order valence-corrected chi connectivity index (χ0v) is 13.2. The van der Waals surface area contributed by atoms with Crippen LogP contribution < -0.4 is 5.32 Å². The van der Waals surface area contributed by atoms with Crippen LogP contribution in [0.15, 0.2) is 5.38 Å². The van der Waals surface area contributed by atoms with Gasteiger partial charge < -0.3 is 5.32 Å². The van der Waals surface area contributed by atoms with Crippen molar-refractivity contribution in [1.29, 1.82) is 0 Å². The fourth-order valence-corrected chi connectivity index (χ4v) is 4.67. The van der Waals surface area contributed by atoms with Gasteiger partial charge in [0.25, 0.3) is 0 Å².